The van der Waals surface area contributed by atoms with E-state index in [0.717, 1.165) is 0 Å². The molecule has 0 radical (unpaired) electrons. The molecule has 0 fully saturated rings. The van der Waals surface area contributed by atoms with Crippen molar-refractivity contribution in [2.24, 2.45) is 0 Å². The third-order valence-corrected chi connectivity index (χ3v) is 16.2. The second-order valence-corrected chi connectivity index (χ2v) is 22.5. The van der Waals surface area contributed by atoms with Crippen LogP contribution < -0.4 is 20.6 Å². The normalized spacial score (nSPS) is 15.4. The summed E-state index contributed by atoms with van der Waals surface area (Å²) in [4.78, 5) is 5.44. The van der Waals surface area contributed by atoms with Gasteiger partial charge in [-0.05, 0) is 119 Å². The van der Waals surface area contributed by atoms with Gasteiger partial charge in [0.2, 0.25) is 0 Å². The summed E-state index contributed by atoms with van der Waals surface area (Å²) < 4.78 is 0. The summed E-state index contributed by atoms with van der Waals surface area (Å²) in [5.74, 6) is 0. The van der Waals surface area contributed by atoms with E-state index in [9.17, 15) is 0 Å². The topological polar surface area (TPSA) is 6.48 Å². The number of benzene rings is 9. The molecule has 13 rings (SSSR count). The third-order valence-electron chi connectivity index (χ3n) is 16.2. The van der Waals surface area contributed by atoms with E-state index in [1.807, 2.05) is 0 Å². The minimum atomic E-state index is -0.576. The van der Waals surface area contributed by atoms with Crippen LogP contribution in [0.4, 0.5) is 28.4 Å². The Labute approximate surface area is 409 Å². The molecule has 0 saturated carbocycles. The van der Waals surface area contributed by atoms with Crippen molar-refractivity contribution < 1.29 is 0 Å². The van der Waals surface area contributed by atoms with Crippen molar-refractivity contribution >= 4 is 46.2 Å². The zero-order chi connectivity index (χ0) is 47.2. The second kappa shape index (κ2) is 14.6. The lowest BCUT2D eigenvalue weighted by atomic mass is 9.41. The molecule has 3 aliphatic heterocycles. The van der Waals surface area contributed by atoms with Gasteiger partial charge in [-0.25, -0.2) is 0 Å². The first-order valence-corrected chi connectivity index (χ1v) is 24.9. The van der Waals surface area contributed by atoms with Crippen molar-refractivity contribution in [1.29, 1.82) is 0 Å². The average molecular weight is 889 g/mol. The third kappa shape index (κ3) is 5.80. The number of anilines is 5. The first-order valence-electron chi connectivity index (χ1n) is 24.9. The minimum Gasteiger partial charge on any atom is -0.376 e. The molecule has 9 aromatic rings. The largest absolute Gasteiger partial charge is 0.376 e. The van der Waals surface area contributed by atoms with Crippen molar-refractivity contribution in [3.05, 3.63) is 245 Å². The van der Waals surface area contributed by atoms with E-state index in [1.165, 1.54) is 117 Å². The molecule has 0 N–H and O–H groups in total. The molecular weight excluding hydrogens is 832 g/mol. The lowest BCUT2D eigenvalue weighted by Crippen LogP contribution is -2.63. The van der Waals surface area contributed by atoms with Crippen LogP contribution in [0.15, 0.2) is 200 Å². The molecule has 0 unspecified atom stereocenters. The Morgan fingerprint density at radius 3 is 1.65 bits per heavy atom. The van der Waals surface area contributed by atoms with Gasteiger partial charge in [0.15, 0.2) is 0 Å². The highest BCUT2D eigenvalue weighted by Gasteiger charge is 2.54. The average Bonchev–Trinajstić information content (AvgIpc) is 3.58. The molecule has 0 spiro atoms. The number of fused-ring (bicyclic) bond motifs is 9. The number of hydrogen-bond acceptors (Lipinski definition) is 2. The Hall–Kier alpha value is -7.36. The van der Waals surface area contributed by atoms with Crippen molar-refractivity contribution in [3.63, 3.8) is 0 Å². The van der Waals surface area contributed by atoms with Crippen molar-refractivity contribution in [2.75, 3.05) is 9.71 Å². The van der Waals surface area contributed by atoms with Crippen LogP contribution in [0.3, 0.4) is 0 Å². The van der Waals surface area contributed by atoms with Crippen LogP contribution in [0.25, 0.3) is 33.4 Å². The molecule has 69 heavy (non-hydrogen) atoms. The summed E-state index contributed by atoms with van der Waals surface area (Å²) in [6, 6.07) is 76.8. The van der Waals surface area contributed by atoms with Gasteiger partial charge in [0.25, 0.3) is 0 Å². The fraction of sp³-hybridized carbons (Fsp3) is 0.182. The van der Waals surface area contributed by atoms with Gasteiger partial charge in [0, 0.05) is 39.3 Å². The second-order valence-electron chi connectivity index (χ2n) is 22.5. The zero-order valence-electron chi connectivity index (χ0n) is 41.0. The lowest BCUT2D eigenvalue weighted by Gasteiger charge is -2.53. The van der Waals surface area contributed by atoms with E-state index >= 15 is 0 Å². The Morgan fingerprint density at radius 1 is 0.391 bits per heavy atom. The van der Waals surface area contributed by atoms with Gasteiger partial charge in [-0.15, -0.1) is 0 Å². The van der Waals surface area contributed by atoms with Crippen LogP contribution in [0.2, 0.25) is 0 Å². The molecule has 0 saturated heterocycles. The van der Waals surface area contributed by atoms with Crippen molar-refractivity contribution in [3.8, 4) is 33.4 Å². The number of nitrogens with zero attached hydrogens (tertiary/aromatic N) is 2. The SMILES string of the molecule is CC(C)(C)c1ccc(N2c3cc4c(cc3B3c5c(cc(C(C)(C)C)cc52)-c2cccc5c2N3c2ccccc2C5(c2ccccc2)c2ccccc2)C(C)(C)c2ccccc2-4)c(-c2ccccc2)c1. The molecular formula is C66H57BN2. The molecule has 9 aromatic carbocycles. The summed E-state index contributed by atoms with van der Waals surface area (Å²) in [7, 11) is 0. The highest BCUT2D eigenvalue weighted by molar-refractivity contribution is 6.93. The predicted molar refractivity (Wildman–Crippen MR) is 292 cm³/mol. The Morgan fingerprint density at radius 2 is 0.971 bits per heavy atom. The molecule has 0 aromatic heterocycles. The van der Waals surface area contributed by atoms with E-state index in [1.54, 1.807) is 0 Å². The van der Waals surface area contributed by atoms with Gasteiger partial charge in [-0.1, -0.05) is 225 Å². The minimum absolute atomic E-state index is 0.0355. The van der Waals surface area contributed by atoms with Gasteiger partial charge in [-0.3, -0.25) is 0 Å². The van der Waals surface area contributed by atoms with Gasteiger partial charge in [0.1, 0.15) is 0 Å². The maximum atomic E-state index is 2.77. The van der Waals surface area contributed by atoms with Crippen LogP contribution in [-0.2, 0) is 21.7 Å². The van der Waals surface area contributed by atoms with E-state index in [4.69, 9.17) is 0 Å². The zero-order valence-corrected chi connectivity index (χ0v) is 41.0. The van der Waals surface area contributed by atoms with Crippen LogP contribution in [0, 0.1) is 0 Å². The molecule has 0 amide bonds. The summed E-state index contributed by atoms with van der Waals surface area (Å²) in [6.07, 6.45) is 0. The fourth-order valence-corrected chi connectivity index (χ4v) is 12.8. The molecule has 2 nitrogen and oxygen atoms in total. The number of rotatable bonds is 4. The first kappa shape index (κ1) is 41.8. The molecule has 0 bridgehead atoms. The quantitative estimate of drug-likeness (QED) is 0.163. The maximum Gasteiger partial charge on any atom is 0.333 e. The molecule has 0 atom stereocenters. The number of hydrogen-bond donors (Lipinski definition) is 0. The highest BCUT2D eigenvalue weighted by Crippen LogP contribution is 2.61. The standard InChI is InChI=1S/C66H57BN2/c1-63(2,3)45-35-36-57(49(37-45)42-23-12-9-13-24-42)68-59-40-50-47-29-18-19-31-52(47)65(7,8)55(50)41-56(59)67-61-51(38-46(39-60(61)68)64(4,5)6)48-30-22-33-54-62(48)69(67)58-34-21-20-32-53(58)66(54,43-25-14-10-15-26-43)44-27-16-11-17-28-44/h9-41H,1-8H3. The summed E-state index contributed by atoms with van der Waals surface area (Å²) in [5.41, 5.74) is 26.2. The van der Waals surface area contributed by atoms with Crippen LogP contribution in [0.5, 0.6) is 0 Å². The van der Waals surface area contributed by atoms with E-state index in [0.29, 0.717) is 0 Å². The lowest BCUT2D eigenvalue weighted by molar-refractivity contribution is 0.590. The molecule has 334 valence electrons. The van der Waals surface area contributed by atoms with Crippen molar-refractivity contribution in [1.82, 2.24) is 0 Å². The highest BCUT2D eigenvalue weighted by atomic mass is 15.2. The molecule has 3 heteroatoms. The van der Waals surface area contributed by atoms with E-state index < -0.39 is 5.41 Å². The van der Waals surface area contributed by atoms with Crippen LogP contribution in [0.1, 0.15) is 99.9 Å². The van der Waals surface area contributed by atoms with E-state index in [2.05, 4.69) is 265 Å². The Kier molecular flexibility index (Phi) is 8.83. The first-order chi connectivity index (χ1) is 33.3. The van der Waals surface area contributed by atoms with Crippen LogP contribution in [-0.4, -0.2) is 6.85 Å². The van der Waals surface area contributed by atoms with Crippen LogP contribution >= 0.6 is 0 Å². The van der Waals surface area contributed by atoms with Gasteiger partial charge >= 0.3 is 6.85 Å². The van der Waals surface area contributed by atoms with Gasteiger partial charge in [-0.2, -0.15) is 0 Å². The Bertz CT molecular complexity index is 3520. The Balaban J connectivity index is 1.21. The van der Waals surface area contributed by atoms with E-state index in [-0.39, 0.29) is 23.1 Å². The molecule has 4 aliphatic rings. The summed E-state index contributed by atoms with van der Waals surface area (Å²) >= 11 is 0. The maximum absolute atomic E-state index is 2.77. The fourth-order valence-electron chi connectivity index (χ4n) is 12.8. The monoisotopic (exact) mass is 888 g/mol. The van der Waals surface area contributed by atoms with Gasteiger partial charge in [0.05, 0.1) is 11.1 Å². The predicted octanol–water partition coefficient (Wildman–Crippen LogP) is 15.7. The van der Waals surface area contributed by atoms with Gasteiger partial charge < -0.3 is 9.71 Å². The van der Waals surface area contributed by atoms with Crippen molar-refractivity contribution in [2.45, 2.75) is 77.0 Å². The smallest absolute Gasteiger partial charge is 0.333 e. The summed E-state index contributed by atoms with van der Waals surface area (Å²) in [6.45, 7) is 18.8. The number of para-hydroxylation sites is 2. The molecule has 1 aliphatic carbocycles. The molecule has 3 heterocycles. The summed E-state index contributed by atoms with van der Waals surface area (Å²) in [5, 5.41) is 0.